The average Bonchev–Trinajstić information content (AvgIpc) is 3.30. The Balaban J connectivity index is 1.43. The molecule has 1 saturated carbocycles. The van der Waals surface area contributed by atoms with E-state index in [1.165, 1.54) is 46.4 Å². The molecule has 1 N–H and O–H groups in total. The van der Waals surface area contributed by atoms with Crippen LogP contribution in [0.25, 0.3) is 6.08 Å². The summed E-state index contributed by atoms with van der Waals surface area (Å²) in [4.78, 5) is 21.5. The van der Waals surface area contributed by atoms with Crippen molar-refractivity contribution in [2.75, 3.05) is 13.1 Å². The fraction of sp³-hybridized carbons (Fsp3) is 0.611. The Kier molecular flexibility index (Phi) is 5.17. The van der Waals surface area contributed by atoms with E-state index in [4.69, 9.17) is 4.99 Å². The zero-order valence-electron chi connectivity index (χ0n) is 15.1. The Labute approximate surface area is 163 Å². The van der Waals surface area contributed by atoms with Gasteiger partial charge in [-0.2, -0.15) is 4.31 Å². The number of aliphatic imine (C=N–C) groups is 1. The van der Waals surface area contributed by atoms with Crippen molar-refractivity contribution in [3.63, 3.8) is 0 Å². The molecule has 0 aromatic carbocycles. The zero-order valence-corrected chi connectivity index (χ0v) is 16.8. The maximum atomic E-state index is 12.6. The fourth-order valence-electron chi connectivity index (χ4n) is 4.11. The topological polar surface area (TPSA) is 91.7 Å². The Morgan fingerprint density at radius 2 is 1.96 bits per heavy atom. The summed E-state index contributed by atoms with van der Waals surface area (Å²) in [7, 11) is -3.52. The summed E-state index contributed by atoms with van der Waals surface area (Å²) in [6.45, 7) is 0.610. The van der Waals surface area contributed by atoms with Crippen molar-refractivity contribution in [1.29, 1.82) is 0 Å². The Bertz CT molecular complexity index is 847. The van der Waals surface area contributed by atoms with Crippen LogP contribution in [0.2, 0.25) is 0 Å². The third-order valence-corrected chi connectivity index (χ3v) is 8.04. The van der Waals surface area contributed by atoms with E-state index in [-0.39, 0.29) is 5.91 Å². The van der Waals surface area contributed by atoms with Gasteiger partial charge in [-0.3, -0.25) is 9.79 Å². The summed E-state index contributed by atoms with van der Waals surface area (Å²) >= 11 is 1.39. The summed E-state index contributed by atoms with van der Waals surface area (Å²) in [5, 5.41) is 6.67. The van der Waals surface area contributed by atoms with Gasteiger partial charge in [-0.05, 0) is 31.8 Å². The van der Waals surface area contributed by atoms with E-state index < -0.39 is 15.6 Å². The minimum absolute atomic E-state index is 0.0570. The minimum atomic E-state index is -3.52. The summed E-state index contributed by atoms with van der Waals surface area (Å²) in [6.07, 6.45) is 9.81. The van der Waals surface area contributed by atoms with Gasteiger partial charge in [0.2, 0.25) is 10.0 Å². The number of hydrogen-bond acceptors (Lipinski definition) is 6. The van der Waals surface area contributed by atoms with Gasteiger partial charge in [0.1, 0.15) is 16.4 Å². The number of hydrogen-bond donors (Lipinski definition) is 1. The molecular weight excluding hydrogens is 384 g/mol. The van der Waals surface area contributed by atoms with Crippen LogP contribution in [0.1, 0.15) is 50.0 Å². The highest BCUT2D eigenvalue weighted by Crippen LogP contribution is 2.34. The molecule has 1 aromatic rings. The largest absolute Gasteiger partial charge is 0.312 e. The first kappa shape index (κ1) is 18.8. The number of amides is 1. The molecule has 1 aliphatic carbocycles. The highest BCUT2D eigenvalue weighted by Gasteiger charge is 2.48. The third kappa shape index (κ3) is 3.86. The number of carbonyl (C=O) groups is 1. The lowest BCUT2D eigenvalue weighted by Gasteiger charge is -2.34. The third-order valence-electron chi connectivity index (χ3n) is 5.73. The average molecular weight is 409 g/mol. The van der Waals surface area contributed by atoms with Crippen molar-refractivity contribution in [2.24, 2.45) is 10.9 Å². The Morgan fingerprint density at radius 3 is 2.63 bits per heavy atom. The van der Waals surface area contributed by atoms with E-state index in [9.17, 15) is 13.2 Å². The number of aromatic nitrogens is 1. The van der Waals surface area contributed by atoms with Crippen molar-refractivity contribution in [3.8, 4) is 0 Å². The molecule has 3 aliphatic rings. The summed E-state index contributed by atoms with van der Waals surface area (Å²) in [6, 6.07) is 0. The molecule has 3 heterocycles. The molecule has 0 radical (unpaired) electrons. The van der Waals surface area contributed by atoms with Crippen LogP contribution in [-0.4, -0.2) is 48.1 Å². The quantitative estimate of drug-likeness (QED) is 0.828. The van der Waals surface area contributed by atoms with E-state index in [0.717, 1.165) is 18.7 Å². The molecule has 7 nitrogen and oxygen atoms in total. The SMILES string of the molecule is O=C1NC(C2CCCCC2)=NC12CCN(S(=O)(=O)/C=C/c1nccs1)CC2. The van der Waals surface area contributed by atoms with Gasteiger partial charge in [0, 0.05) is 36.0 Å². The normalized spacial score (nSPS) is 24.4. The maximum absolute atomic E-state index is 12.6. The molecule has 9 heteroatoms. The second-order valence-corrected chi connectivity index (χ2v) is 10.2. The molecule has 0 atom stereocenters. The highest BCUT2D eigenvalue weighted by atomic mass is 32.2. The number of carbonyl (C=O) groups excluding carboxylic acids is 1. The standard InChI is InChI=1S/C18H24N4O3S2/c23-17-18(21-16(20-17)14-4-2-1-3-5-14)7-10-22(11-8-18)27(24,25)13-6-15-19-9-12-26-15/h6,9,12-14H,1-5,7-8,10-11H2,(H,20,21,23)/b13-6+. The number of amidine groups is 1. The van der Waals surface area contributed by atoms with Gasteiger partial charge in [-0.25, -0.2) is 13.4 Å². The Morgan fingerprint density at radius 1 is 1.22 bits per heavy atom. The lowest BCUT2D eigenvalue weighted by Crippen LogP contribution is -2.50. The van der Waals surface area contributed by atoms with Crippen LogP contribution in [0, 0.1) is 5.92 Å². The van der Waals surface area contributed by atoms with Crippen LogP contribution < -0.4 is 5.32 Å². The number of sulfonamides is 1. The molecule has 1 spiro atoms. The first-order valence-electron chi connectivity index (χ1n) is 9.47. The van der Waals surface area contributed by atoms with Gasteiger partial charge in [-0.15, -0.1) is 11.3 Å². The van der Waals surface area contributed by atoms with Gasteiger partial charge in [0.05, 0.1) is 0 Å². The lowest BCUT2D eigenvalue weighted by atomic mass is 9.88. The van der Waals surface area contributed by atoms with E-state index in [1.807, 2.05) is 0 Å². The second-order valence-electron chi connectivity index (χ2n) is 7.43. The van der Waals surface area contributed by atoms with Gasteiger partial charge >= 0.3 is 0 Å². The Hall–Kier alpha value is -1.58. The number of piperidine rings is 1. The van der Waals surface area contributed by atoms with Crippen LogP contribution in [0.15, 0.2) is 22.0 Å². The number of rotatable bonds is 4. The fourth-order valence-corrected chi connectivity index (χ4v) is 5.89. The van der Waals surface area contributed by atoms with Gasteiger partial charge in [-0.1, -0.05) is 19.3 Å². The zero-order chi connectivity index (χ0) is 18.9. The van der Waals surface area contributed by atoms with Crippen LogP contribution in [0.5, 0.6) is 0 Å². The highest BCUT2D eigenvalue weighted by molar-refractivity contribution is 7.92. The van der Waals surface area contributed by atoms with Gasteiger partial charge in [0.15, 0.2) is 0 Å². The van der Waals surface area contributed by atoms with Crippen molar-refractivity contribution in [2.45, 2.75) is 50.5 Å². The smallest absolute Gasteiger partial charge is 0.253 e. The predicted octanol–water partition coefficient (Wildman–Crippen LogP) is 2.39. The van der Waals surface area contributed by atoms with Crippen molar-refractivity contribution in [3.05, 3.63) is 22.0 Å². The molecular formula is C18H24N4O3S2. The molecule has 2 aliphatic heterocycles. The monoisotopic (exact) mass is 408 g/mol. The van der Waals surface area contributed by atoms with Crippen LogP contribution in [0.3, 0.4) is 0 Å². The summed E-state index contributed by atoms with van der Waals surface area (Å²) in [5.74, 6) is 1.13. The van der Waals surface area contributed by atoms with Crippen LogP contribution in [-0.2, 0) is 14.8 Å². The summed E-state index contributed by atoms with van der Waals surface area (Å²) in [5.41, 5.74) is -0.780. The lowest BCUT2D eigenvalue weighted by molar-refractivity contribution is -0.124. The molecule has 0 unspecified atom stereocenters. The molecule has 1 amide bonds. The summed E-state index contributed by atoms with van der Waals surface area (Å²) < 4.78 is 26.5. The van der Waals surface area contributed by atoms with E-state index in [0.29, 0.717) is 36.9 Å². The minimum Gasteiger partial charge on any atom is -0.312 e. The van der Waals surface area contributed by atoms with Crippen LogP contribution >= 0.6 is 11.3 Å². The van der Waals surface area contributed by atoms with E-state index in [2.05, 4.69) is 10.3 Å². The predicted molar refractivity (Wildman–Crippen MR) is 106 cm³/mol. The maximum Gasteiger partial charge on any atom is 0.253 e. The molecule has 1 aromatic heterocycles. The molecule has 1 saturated heterocycles. The van der Waals surface area contributed by atoms with Crippen molar-refractivity contribution in [1.82, 2.24) is 14.6 Å². The van der Waals surface area contributed by atoms with Crippen molar-refractivity contribution >= 4 is 39.2 Å². The molecule has 0 bridgehead atoms. The number of nitrogens with zero attached hydrogens (tertiary/aromatic N) is 3. The van der Waals surface area contributed by atoms with E-state index >= 15 is 0 Å². The van der Waals surface area contributed by atoms with Gasteiger partial charge < -0.3 is 5.32 Å². The molecule has 146 valence electrons. The number of nitrogens with one attached hydrogen (secondary N) is 1. The van der Waals surface area contributed by atoms with Crippen LogP contribution in [0.4, 0.5) is 0 Å². The van der Waals surface area contributed by atoms with E-state index in [1.54, 1.807) is 11.6 Å². The first-order valence-corrected chi connectivity index (χ1v) is 11.9. The van der Waals surface area contributed by atoms with Gasteiger partial charge in [0.25, 0.3) is 5.91 Å². The molecule has 2 fully saturated rings. The second kappa shape index (κ2) is 7.44. The van der Waals surface area contributed by atoms with Crippen molar-refractivity contribution < 1.29 is 13.2 Å². The first-order chi connectivity index (χ1) is 13.0. The molecule has 27 heavy (non-hydrogen) atoms. The number of thiazole rings is 1. The molecule has 4 rings (SSSR count).